The van der Waals surface area contributed by atoms with Crippen LogP contribution >= 0.6 is 0 Å². The Morgan fingerprint density at radius 3 is 2.73 bits per heavy atom. The summed E-state index contributed by atoms with van der Waals surface area (Å²) < 4.78 is 6.90. The molecule has 22 heavy (non-hydrogen) atoms. The molecule has 6 nitrogen and oxygen atoms in total. The minimum Gasteiger partial charge on any atom is -0.361 e. The van der Waals surface area contributed by atoms with Crippen molar-refractivity contribution in [2.45, 2.75) is 27.3 Å². The molecule has 0 radical (unpaired) electrons. The molecule has 0 saturated heterocycles. The maximum atomic E-state index is 11.3. The van der Waals surface area contributed by atoms with Crippen LogP contribution in [0.25, 0.3) is 11.3 Å². The van der Waals surface area contributed by atoms with Crippen LogP contribution in [0.2, 0.25) is 0 Å². The smallest absolute Gasteiger partial charge is 0.172 e. The fourth-order valence-electron chi connectivity index (χ4n) is 2.48. The molecule has 6 heteroatoms. The van der Waals surface area contributed by atoms with E-state index in [-0.39, 0.29) is 0 Å². The fourth-order valence-corrected chi connectivity index (χ4v) is 2.48. The van der Waals surface area contributed by atoms with E-state index >= 15 is 0 Å². The highest BCUT2D eigenvalue weighted by atomic mass is 16.5. The van der Waals surface area contributed by atoms with Crippen LogP contribution in [0.15, 0.2) is 28.8 Å². The second kappa shape index (κ2) is 5.55. The number of carbonyl (C=O) groups excluding carboxylic acids is 1. The highest BCUT2D eigenvalue weighted by Gasteiger charge is 2.18. The van der Waals surface area contributed by atoms with E-state index < -0.39 is 0 Å². The first kappa shape index (κ1) is 14.2. The van der Waals surface area contributed by atoms with Crippen LogP contribution in [0.5, 0.6) is 0 Å². The summed E-state index contributed by atoms with van der Waals surface area (Å²) in [6.07, 6.45) is 0.731. The van der Waals surface area contributed by atoms with Gasteiger partial charge in [-0.1, -0.05) is 34.1 Å². The van der Waals surface area contributed by atoms with Crippen molar-refractivity contribution in [2.24, 2.45) is 0 Å². The predicted molar refractivity (Wildman–Crippen MR) is 80.7 cm³/mol. The van der Waals surface area contributed by atoms with Gasteiger partial charge in [0, 0.05) is 11.1 Å². The summed E-state index contributed by atoms with van der Waals surface area (Å²) in [6, 6.07) is 7.91. The summed E-state index contributed by atoms with van der Waals surface area (Å²) in [6.45, 7) is 6.22. The van der Waals surface area contributed by atoms with E-state index in [0.717, 1.165) is 34.4 Å². The maximum absolute atomic E-state index is 11.3. The van der Waals surface area contributed by atoms with Crippen LogP contribution in [0.4, 0.5) is 0 Å². The van der Waals surface area contributed by atoms with Gasteiger partial charge >= 0.3 is 0 Å². The molecule has 3 rings (SSSR count). The van der Waals surface area contributed by atoms with Crippen molar-refractivity contribution >= 4 is 6.29 Å². The Morgan fingerprint density at radius 1 is 1.27 bits per heavy atom. The average molecular weight is 296 g/mol. The van der Waals surface area contributed by atoms with Gasteiger partial charge in [0.15, 0.2) is 12.0 Å². The zero-order valence-electron chi connectivity index (χ0n) is 12.7. The summed E-state index contributed by atoms with van der Waals surface area (Å²) in [5.41, 5.74) is 4.83. The normalized spacial score (nSPS) is 10.9. The Kier molecular flexibility index (Phi) is 3.58. The lowest BCUT2D eigenvalue weighted by Gasteiger charge is -2.07. The third kappa shape index (κ3) is 2.43. The van der Waals surface area contributed by atoms with Gasteiger partial charge < -0.3 is 4.52 Å². The summed E-state index contributed by atoms with van der Waals surface area (Å²) in [5, 5.41) is 12.0. The largest absolute Gasteiger partial charge is 0.361 e. The lowest BCUT2D eigenvalue weighted by molar-refractivity contribution is 0.111. The lowest BCUT2D eigenvalue weighted by Crippen LogP contribution is -2.06. The molecule has 0 unspecified atom stereocenters. The molecule has 0 fully saturated rings. The minimum absolute atomic E-state index is 0.331. The number of aromatic nitrogens is 4. The second-order valence-corrected chi connectivity index (χ2v) is 5.27. The van der Waals surface area contributed by atoms with Crippen molar-refractivity contribution in [1.29, 1.82) is 0 Å². The van der Waals surface area contributed by atoms with E-state index in [1.807, 2.05) is 45.0 Å². The molecule has 0 aliphatic carbocycles. The Morgan fingerprint density at radius 2 is 2.09 bits per heavy atom. The molecule has 2 aromatic heterocycles. The van der Waals surface area contributed by atoms with Crippen LogP contribution in [0.3, 0.4) is 0 Å². The molecule has 0 aliphatic heterocycles. The third-order valence-corrected chi connectivity index (χ3v) is 3.65. The molecule has 112 valence electrons. The van der Waals surface area contributed by atoms with Gasteiger partial charge in [-0.3, -0.25) is 4.79 Å². The van der Waals surface area contributed by atoms with E-state index in [2.05, 4.69) is 15.5 Å². The van der Waals surface area contributed by atoms with Crippen molar-refractivity contribution in [3.8, 4) is 11.3 Å². The number of nitrogens with zero attached hydrogens (tertiary/aromatic N) is 4. The highest BCUT2D eigenvalue weighted by molar-refractivity contribution is 5.83. The van der Waals surface area contributed by atoms with E-state index in [1.165, 1.54) is 0 Å². The van der Waals surface area contributed by atoms with Crippen molar-refractivity contribution in [3.63, 3.8) is 0 Å². The lowest BCUT2D eigenvalue weighted by atomic mass is 10.1. The molecule has 0 saturated carbocycles. The maximum Gasteiger partial charge on any atom is 0.172 e. The molecule has 3 aromatic rings. The number of benzene rings is 1. The summed E-state index contributed by atoms with van der Waals surface area (Å²) in [5.74, 6) is 0.746. The summed E-state index contributed by atoms with van der Waals surface area (Å²) in [7, 11) is 0. The summed E-state index contributed by atoms with van der Waals surface area (Å²) >= 11 is 0. The van der Waals surface area contributed by atoms with Gasteiger partial charge in [0.25, 0.3) is 0 Å². The van der Waals surface area contributed by atoms with Crippen molar-refractivity contribution in [3.05, 3.63) is 52.5 Å². The molecule has 1 aromatic carbocycles. The molecular weight excluding hydrogens is 280 g/mol. The first-order chi connectivity index (χ1) is 10.6. The Labute approximate surface area is 127 Å². The van der Waals surface area contributed by atoms with Gasteiger partial charge in [-0.25, -0.2) is 4.68 Å². The van der Waals surface area contributed by atoms with Crippen LogP contribution in [-0.4, -0.2) is 26.4 Å². The fraction of sp³-hybridized carbons (Fsp3) is 0.250. The molecule has 2 heterocycles. The van der Waals surface area contributed by atoms with Crippen LogP contribution in [-0.2, 0) is 6.54 Å². The van der Waals surface area contributed by atoms with E-state index in [1.54, 1.807) is 4.68 Å². The molecule has 0 amide bonds. The van der Waals surface area contributed by atoms with Crippen LogP contribution in [0.1, 0.15) is 33.1 Å². The first-order valence-electron chi connectivity index (χ1n) is 6.97. The van der Waals surface area contributed by atoms with Crippen molar-refractivity contribution in [1.82, 2.24) is 20.2 Å². The molecule has 0 atom stereocenters. The number of aryl methyl sites for hydroxylation is 3. The van der Waals surface area contributed by atoms with E-state index in [9.17, 15) is 4.79 Å². The molecule has 0 spiro atoms. The SMILES string of the molecule is Cc1cccc(-c2c(C=O)nnn2Cc2c(C)noc2C)c1. The number of carbonyl (C=O) groups is 1. The molecule has 0 bridgehead atoms. The van der Waals surface area contributed by atoms with Crippen LogP contribution < -0.4 is 0 Å². The van der Waals surface area contributed by atoms with Crippen LogP contribution in [0, 0.1) is 20.8 Å². The Bertz CT molecular complexity index is 813. The Hall–Kier alpha value is -2.76. The topological polar surface area (TPSA) is 73.8 Å². The predicted octanol–water partition coefficient (Wildman–Crippen LogP) is 2.72. The highest BCUT2D eigenvalue weighted by Crippen LogP contribution is 2.24. The minimum atomic E-state index is 0.331. The number of aldehydes is 1. The third-order valence-electron chi connectivity index (χ3n) is 3.65. The van der Waals surface area contributed by atoms with Crippen molar-refractivity contribution in [2.75, 3.05) is 0 Å². The van der Waals surface area contributed by atoms with E-state index in [4.69, 9.17) is 4.52 Å². The first-order valence-corrected chi connectivity index (χ1v) is 6.97. The van der Waals surface area contributed by atoms with E-state index in [0.29, 0.717) is 17.9 Å². The van der Waals surface area contributed by atoms with Gasteiger partial charge in [0.1, 0.15) is 5.76 Å². The average Bonchev–Trinajstić information content (AvgIpc) is 3.05. The second-order valence-electron chi connectivity index (χ2n) is 5.27. The molecule has 0 N–H and O–H groups in total. The monoisotopic (exact) mass is 296 g/mol. The van der Waals surface area contributed by atoms with Gasteiger partial charge in [0.05, 0.1) is 17.9 Å². The molecular formula is C16H16N4O2. The van der Waals surface area contributed by atoms with Gasteiger partial charge in [0.2, 0.25) is 0 Å². The van der Waals surface area contributed by atoms with Gasteiger partial charge in [-0.05, 0) is 26.8 Å². The zero-order chi connectivity index (χ0) is 15.7. The standard InChI is InChI=1S/C16H16N4O2/c1-10-5-4-6-13(7-10)16-15(9-21)17-19-20(16)8-14-11(2)18-22-12(14)3/h4-7,9H,8H2,1-3H3. The quantitative estimate of drug-likeness (QED) is 0.692. The molecule has 0 aliphatic rings. The number of rotatable bonds is 4. The number of hydrogen-bond acceptors (Lipinski definition) is 5. The van der Waals surface area contributed by atoms with Gasteiger partial charge in [-0.15, -0.1) is 5.10 Å². The summed E-state index contributed by atoms with van der Waals surface area (Å²) in [4.78, 5) is 11.3. The Balaban J connectivity index is 2.10. The van der Waals surface area contributed by atoms with Crippen molar-refractivity contribution < 1.29 is 9.32 Å². The zero-order valence-corrected chi connectivity index (χ0v) is 12.7. The number of hydrogen-bond donors (Lipinski definition) is 0. The van der Waals surface area contributed by atoms with Gasteiger partial charge in [-0.2, -0.15) is 0 Å².